The first-order chi connectivity index (χ1) is 7.66. The van der Waals surface area contributed by atoms with Crippen LogP contribution in [0.5, 0.6) is 0 Å². The van der Waals surface area contributed by atoms with Crippen molar-refractivity contribution in [1.29, 1.82) is 0 Å². The summed E-state index contributed by atoms with van der Waals surface area (Å²) < 4.78 is 13.3. The summed E-state index contributed by atoms with van der Waals surface area (Å²) in [5.41, 5.74) is 1.56. The lowest BCUT2D eigenvalue weighted by atomic mass is 10.2. The summed E-state index contributed by atoms with van der Waals surface area (Å²) in [4.78, 5) is 7.81. The Kier molecular flexibility index (Phi) is 3.01. The van der Waals surface area contributed by atoms with E-state index in [0.29, 0.717) is 10.8 Å². The third-order valence-corrected chi connectivity index (χ3v) is 2.30. The van der Waals surface area contributed by atoms with Gasteiger partial charge in [-0.25, -0.2) is 14.4 Å². The average molecular weight is 238 g/mol. The lowest BCUT2D eigenvalue weighted by Gasteiger charge is -2.08. The van der Waals surface area contributed by atoms with Gasteiger partial charge in [-0.3, -0.25) is 0 Å². The van der Waals surface area contributed by atoms with Gasteiger partial charge in [0, 0.05) is 6.20 Å². The molecule has 2 aromatic heterocycles. The Morgan fingerprint density at radius 1 is 1.38 bits per heavy atom. The highest BCUT2D eigenvalue weighted by Crippen LogP contribution is 2.21. The number of rotatable bonds is 2. The van der Waals surface area contributed by atoms with Gasteiger partial charge in [0.2, 0.25) is 0 Å². The predicted octanol–water partition coefficient (Wildman–Crippen LogP) is 3.32. The van der Waals surface area contributed by atoms with E-state index in [1.54, 1.807) is 12.3 Å². The molecule has 3 nitrogen and oxygen atoms in total. The molecule has 0 amide bonds. The first kappa shape index (κ1) is 10.8. The van der Waals surface area contributed by atoms with Crippen molar-refractivity contribution in [3.8, 4) is 0 Å². The third kappa shape index (κ3) is 2.28. The molecule has 82 valence electrons. The number of hydrogen-bond acceptors (Lipinski definition) is 3. The van der Waals surface area contributed by atoms with Gasteiger partial charge in [0.15, 0.2) is 11.6 Å². The molecule has 2 aromatic rings. The molecule has 2 rings (SSSR count). The summed E-state index contributed by atoms with van der Waals surface area (Å²) in [5, 5.41) is 3.27. The summed E-state index contributed by atoms with van der Waals surface area (Å²) in [6.45, 7) is 1.86. The molecule has 0 aliphatic carbocycles. The van der Waals surface area contributed by atoms with Crippen LogP contribution in [0.2, 0.25) is 5.15 Å². The summed E-state index contributed by atoms with van der Waals surface area (Å²) in [6, 6.07) is 4.58. The monoisotopic (exact) mass is 237 g/mol. The van der Waals surface area contributed by atoms with E-state index < -0.39 is 5.82 Å². The van der Waals surface area contributed by atoms with E-state index >= 15 is 0 Å². The summed E-state index contributed by atoms with van der Waals surface area (Å²) >= 11 is 5.72. The Labute approximate surface area is 97.3 Å². The number of aromatic nitrogens is 2. The maximum atomic E-state index is 13.3. The molecule has 0 bridgehead atoms. The van der Waals surface area contributed by atoms with Crippen molar-refractivity contribution in [2.24, 2.45) is 0 Å². The highest BCUT2D eigenvalue weighted by atomic mass is 35.5. The molecular weight excluding hydrogens is 229 g/mol. The van der Waals surface area contributed by atoms with Gasteiger partial charge >= 0.3 is 0 Å². The van der Waals surface area contributed by atoms with Gasteiger partial charge in [-0.15, -0.1) is 0 Å². The maximum absolute atomic E-state index is 13.3. The number of pyridine rings is 2. The second kappa shape index (κ2) is 4.45. The fourth-order valence-corrected chi connectivity index (χ4v) is 1.47. The Hall–Kier alpha value is -1.68. The smallest absolute Gasteiger partial charge is 0.166 e. The van der Waals surface area contributed by atoms with Crippen molar-refractivity contribution >= 4 is 23.1 Å². The van der Waals surface area contributed by atoms with Crippen LogP contribution in [-0.4, -0.2) is 9.97 Å². The summed E-state index contributed by atoms with van der Waals surface area (Å²) in [6.07, 6.45) is 3.07. The number of anilines is 2. The summed E-state index contributed by atoms with van der Waals surface area (Å²) in [7, 11) is 0. The van der Waals surface area contributed by atoms with E-state index in [2.05, 4.69) is 15.3 Å². The van der Waals surface area contributed by atoms with Crippen LogP contribution in [-0.2, 0) is 0 Å². The van der Waals surface area contributed by atoms with Crippen molar-refractivity contribution < 1.29 is 4.39 Å². The number of aryl methyl sites for hydroxylation is 1. The minimum absolute atomic E-state index is 0.176. The van der Waals surface area contributed by atoms with Crippen molar-refractivity contribution in [2.45, 2.75) is 6.92 Å². The van der Waals surface area contributed by atoms with Crippen LogP contribution in [0.15, 0.2) is 30.6 Å². The molecule has 5 heteroatoms. The lowest BCUT2D eigenvalue weighted by molar-refractivity contribution is 0.626. The van der Waals surface area contributed by atoms with Crippen LogP contribution in [0.25, 0.3) is 0 Å². The van der Waals surface area contributed by atoms with Crippen molar-refractivity contribution in [3.63, 3.8) is 0 Å². The largest absolute Gasteiger partial charge is 0.336 e. The summed E-state index contributed by atoms with van der Waals surface area (Å²) in [5.74, 6) is -0.230. The topological polar surface area (TPSA) is 37.8 Å². The van der Waals surface area contributed by atoms with Crippen LogP contribution in [0.4, 0.5) is 15.9 Å². The molecule has 0 fully saturated rings. The van der Waals surface area contributed by atoms with Crippen molar-refractivity contribution in [3.05, 3.63) is 47.1 Å². The van der Waals surface area contributed by atoms with Gasteiger partial charge in [-0.1, -0.05) is 11.6 Å². The van der Waals surface area contributed by atoms with Crippen LogP contribution in [0.1, 0.15) is 5.56 Å². The van der Waals surface area contributed by atoms with Gasteiger partial charge in [-0.05, 0) is 30.7 Å². The van der Waals surface area contributed by atoms with Gasteiger partial charge in [0.25, 0.3) is 0 Å². The fraction of sp³-hybridized carbons (Fsp3) is 0.0909. The van der Waals surface area contributed by atoms with E-state index in [1.165, 1.54) is 18.3 Å². The number of hydrogen-bond donors (Lipinski definition) is 1. The molecule has 0 spiro atoms. The van der Waals surface area contributed by atoms with Crippen LogP contribution in [0.3, 0.4) is 0 Å². The van der Waals surface area contributed by atoms with Crippen LogP contribution in [0, 0.1) is 12.7 Å². The number of nitrogens with zero attached hydrogens (tertiary/aromatic N) is 2. The minimum Gasteiger partial charge on any atom is -0.336 e. The first-order valence-electron chi connectivity index (χ1n) is 4.66. The Bertz CT molecular complexity index is 516. The quantitative estimate of drug-likeness (QED) is 0.815. The van der Waals surface area contributed by atoms with Crippen LogP contribution < -0.4 is 5.32 Å². The zero-order chi connectivity index (χ0) is 11.5. The second-order valence-electron chi connectivity index (χ2n) is 3.28. The number of nitrogens with one attached hydrogen (secondary N) is 1. The minimum atomic E-state index is -0.406. The molecule has 16 heavy (non-hydrogen) atoms. The van der Waals surface area contributed by atoms with Gasteiger partial charge in [0.1, 0.15) is 5.15 Å². The maximum Gasteiger partial charge on any atom is 0.166 e. The SMILES string of the molecule is Cc1cc(Cl)ncc1Nc1ncccc1F. The van der Waals surface area contributed by atoms with Gasteiger partial charge < -0.3 is 5.32 Å². The van der Waals surface area contributed by atoms with E-state index in [9.17, 15) is 4.39 Å². The van der Waals surface area contributed by atoms with E-state index in [-0.39, 0.29) is 5.82 Å². The first-order valence-corrected chi connectivity index (χ1v) is 5.04. The molecule has 0 saturated heterocycles. The standard InChI is InChI=1S/C11H9ClFN3/c1-7-5-10(12)15-6-9(7)16-11-8(13)3-2-4-14-11/h2-6H,1H3,(H,14,16). The Morgan fingerprint density at radius 3 is 2.88 bits per heavy atom. The normalized spacial score (nSPS) is 10.2. The molecule has 0 atom stereocenters. The molecule has 0 aromatic carbocycles. The Morgan fingerprint density at radius 2 is 2.19 bits per heavy atom. The van der Waals surface area contributed by atoms with Gasteiger partial charge in [0.05, 0.1) is 11.9 Å². The highest BCUT2D eigenvalue weighted by Gasteiger charge is 2.05. The molecule has 0 radical (unpaired) electrons. The van der Waals surface area contributed by atoms with Gasteiger partial charge in [-0.2, -0.15) is 0 Å². The van der Waals surface area contributed by atoms with Crippen molar-refractivity contribution in [1.82, 2.24) is 9.97 Å². The third-order valence-electron chi connectivity index (χ3n) is 2.09. The second-order valence-corrected chi connectivity index (χ2v) is 3.67. The Balaban J connectivity index is 2.31. The lowest BCUT2D eigenvalue weighted by Crippen LogP contribution is -1.98. The van der Waals surface area contributed by atoms with E-state index in [0.717, 1.165) is 5.56 Å². The average Bonchev–Trinajstić information content (AvgIpc) is 2.25. The highest BCUT2D eigenvalue weighted by molar-refractivity contribution is 6.29. The molecule has 0 aliphatic heterocycles. The molecule has 0 unspecified atom stereocenters. The zero-order valence-corrected chi connectivity index (χ0v) is 9.29. The number of halogens is 2. The molecule has 0 saturated carbocycles. The molecule has 0 aliphatic rings. The van der Waals surface area contributed by atoms with Crippen molar-refractivity contribution in [2.75, 3.05) is 5.32 Å². The molecule has 1 N–H and O–H groups in total. The van der Waals surface area contributed by atoms with Crippen LogP contribution >= 0.6 is 11.6 Å². The van der Waals surface area contributed by atoms with E-state index in [4.69, 9.17) is 11.6 Å². The molecular formula is C11H9ClFN3. The zero-order valence-electron chi connectivity index (χ0n) is 8.54. The van der Waals surface area contributed by atoms with E-state index in [1.807, 2.05) is 6.92 Å². The molecule has 2 heterocycles. The fourth-order valence-electron chi connectivity index (χ4n) is 1.26. The predicted molar refractivity (Wildman–Crippen MR) is 61.5 cm³/mol.